The minimum Gasteiger partial charge on any atom is -0.348 e. The highest BCUT2D eigenvalue weighted by molar-refractivity contribution is 14.1. The van der Waals surface area contributed by atoms with E-state index in [0.29, 0.717) is 17.2 Å². The smallest absolute Gasteiger partial charge is 0.270 e. The van der Waals surface area contributed by atoms with E-state index in [9.17, 15) is 4.79 Å². The lowest BCUT2D eigenvalue weighted by molar-refractivity contribution is 0.0893. The van der Waals surface area contributed by atoms with E-state index in [1.807, 2.05) is 7.05 Å². The molecule has 0 saturated heterocycles. The van der Waals surface area contributed by atoms with Crippen molar-refractivity contribution in [2.24, 2.45) is 18.4 Å². The molecule has 1 aromatic heterocycles. The van der Waals surface area contributed by atoms with Crippen LogP contribution in [0.25, 0.3) is 0 Å². The van der Waals surface area contributed by atoms with Gasteiger partial charge >= 0.3 is 0 Å². The van der Waals surface area contributed by atoms with Crippen molar-refractivity contribution in [3.63, 3.8) is 0 Å². The fraction of sp³-hybridized carbons (Fsp3) is 0.733. The minimum absolute atomic E-state index is 0.00797. The maximum absolute atomic E-state index is 12.3. The molecule has 5 heteroatoms. The third-order valence-corrected chi connectivity index (χ3v) is 5.19. The third kappa shape index (κ3) is 3.54. The molecule has 0 aromatic carbocycles. The Morgan fingerprint density at radius 3 is 2.40 bits per heavy atom. The Morgan fingerprint density at radius 2 is 1.95 bits per heavy atom. The standard InChI is InChI=1S/C15H24IN3O/c1-15(2,3)10-5-7-11(8-6-10)18-14(20)13-12(16)9-17-19(13)4/h9-11H,5-8H2,1-4H3,(H,18,20). The number of carbonyl (C=O) groups excluding carboxylic acids is 1. The number of hydrogen-bond acceptors (Lipinski definition) is 2. The Morgan fingerprint density at radius 1 is 1.35 bits per heavy atom. The largest absolute Gasteiger partial charge is 0.348 e. The first-order valence-corrected chi connectivity index (χ1v) is 8.35. The Balaban J connectivity index is 1.92. The van der Waals surface area contributed by atoms with Crippen molar-refractivity contribution in [2.45, 2.75) is 52.5 Å². The van der Waals surface area contributed by atoms with E-state index >= 15 is 0 Å². The van der Waals surface area contributed by atoms with Crippen molar-refractivity contribution >= 4 is 28.5 Å². The lowest BCUT2D eigenvalue weighted by Gasteiger charge is -2.37. The molecule has 0 radical (unpaired) electrons. The summed E-state index contributed by atoms with van der Waals surface area (Å²) < 4.78 is 2.56. The van der Waals surface area contributed by atoms with Crippen molar-refractivity contribution in [3.8, 4) is 0 Å². The van der Waals surface area contributed by atoms with Crippen LogP contribution in [0.1, 0.15) is 56.9 Å². The number of halogens is 1. The van der Waals surface area contributed by atoms with Gasteiger partial charge in [0.1, 0.15) is 5.69 Å². The summed E-state index contributed by atoms with van der Waals surface area (Å²) in [5, 5.41) is 7.29. The maximum Gasteiger partial charge on any atom is 0.270 e. The molecule has 1 aromatic rings. The van der Waals surface area contributed by atoms with Gasteiger partial charge in [0.05, 0.1) is 9.77 Å². The number of aromatic nitrogens is 2. The molecule has 1 N–H and O–H groups in total. The van der Waals surface area contributed by atoms with Gasteiger partial charge in [-0.05, 0) is 59.6 Å². The summed E-state index contributed by atoms with van der Waals surface area (Å²) in [4.78, 5) is 12.3. The lowest BCUT2D eigenvalue weighted by atomic mass is 9.71. The Bertz CT molecular complexity index is 462. The zero-order valence-electron chi connectivity index (χ0n) is 12.7. The first kappa shape index (κ1) is 15.8. The monoisotopic (exact) mass is 389 g/mol. The summed E-state index contributed by atoms with van der Waals surface area (Å²) in [6.07, 6.45) is 6.31. The summed E-state index contributed by atoms with van der Waals surface area (Å²) in [6, 6.07) is 0.312. The van der Waals surface area contributed by atoms with Crippen molar-refractivity contribution in [2.75, 3.05) is 0 Å². The highest BCUT2D eigenvalue weighted by Crippen LogP contribution is 2.37. The predicted octanol–water partition coefficient (Wildman–Crippen LogP) is 3.36. The van der Waals surface area contributed by atoms with Crippen molar-refractivity contribution < 1.29 is 4.79 Å². The molecule has 0 spiro atoms. The van der Waals surface area contributed by atoms with Gasteiger partial charge in [-0.15, -0.1) is 0 Å². The van der Waals surface area contributed by atoms with Gasteiger partial charge in [-0.1, -0.05) is 20.8 Å². The zero-order valence-corrected chi connectivity index (χ0v) is 14.9. The van der Waals surface area contributed by atoms with E-state index in [1.165, 1.54) is 12.8 Å². The molecule has 2 rings (SSSR count). The van der Waals surface area contributed by atoms with E-state index in [0.717, 1.165) is 22.3 Å². The van der Waals surface area contributed by atoms with E-state index in [-0.39, 0.29) is 5.91 Å². The predicted molar refractivity (Wildman–Crippen MR) is 88.6 cm³/mol. The van der Waals surface area contributed by atoms with Crippen LogP contribution < -0.4 is 5.32 Å². The molecule has 112 valence electrons. The van der Waals surface area contributed by atoms with E-state index in [4.69, 9.17) is 0 Å². The number of amides is 1. The highest BCUT2D eigenvalue weighted by atomic mass is 127. The molecular formula is C15H24IN3O. The van der Waals surface area contributed by atoms with Gasteiger partial charge in [-0.3, -0.25) is 9.48 Å². The number of nitrogens with zero attached hydrogens (tertiary/aromatic N) is 2. The Kier molecular flexibility index (Phi) is 4.76. The van der Waals surface area contributed by atoms with Gasteiger partial charge in [0.15, 0.2) is 0 Å². The molecule has 1 fully saturated rings. The average molecular weight is 389 g/mol. The van der Waals surface area contributed by atoms with Crippen LogP contribution in [0.4, 0.5) is 0 Å². The van der Waals surface area contributed by atoms with Crippen LogP contribution in [-0.2, 0) is 7.05 Å². The molecule has 1 heterocycles. The zero-order chi connectivity index (χ0) is 14.9. The normalized spacial score (nSPS) is 23.6. The molecule has 0 aliphatic heterocycles. The summed E-state index contributed by atoms with van der Waals surface area (Å²) in [5.74, 6) is 0.779. The summed E-state index contributed by atoms with van der Waals surface area (Å²) >= 11 is 2.16. The van der Waals surface area contributed by atoms with Gasteiger partial charge in [-0.2, -0.15) is 5.10 Å². The SMILES string of the molecule is Cn1ncc(I)c1C(=O)NC1CCC(C(C)(C)C)CC1. The second kappa shape index (κ2) is 6.03. The average Bonchev–Trinajstić information content (AvgIpc) is 2.68. The molecule has 1 aliphatic carbocycles. The summed E-state index contributed by atoms with van der Waals surface area (Å²) in [6.45, 7) is 6.94. The first-order chi connectivity index (χ1) is 9.29. The van der Waals surface area contributed by atoms with E-state index < -0.39 is 0 Å². The van der Waals surface area contributed by atoms with Crippen molar-refractivity contribution in [1.29, 1.82) is 0 Å². The number of rotatable bonds is 2. The quantitative estimate of drug-likeness (QED) is 0.789. The van der Waals surface area contributed by atoms with Crippen molar-refractivity contribution in [1.82, 2.24) is 15.1 Å². The summed E-state index contributed by atoms with van der Waals surface area (Å²) in [7, 11) is 1.81. The van der Waals surface area contributed by atoms with Crippen LogP contribution in [0.2, 0.25) is 0 Å². The molecule has 20 heavy (non-hydrogen) atoms. The lowest BCUT2D eigenvalue weighted by Crippen LogP contribution is -2.40. The number of carbonyl (C=O) groups is 1. The molecule has 1 aliphatic rings. The van der Waals surface area contributed by atoms with Crippen molar-refractivity contribution in [3.05, 3.63) is 15.5 Å². The second-order valence-corrected chi connectivity index (χ2v) is 8.01. The highest BCUT2D eigenvalue weighted by Gasteiger charge is 2.30. The first-order valence-electron chi connectivity index (χ1n) is 7.27. The molecule has 1 amide bonds. The number of nitrogens with one attached hydrogen (secondary N) is 1. The topological polar surface area (TPSA) is 46.9 Å². The van der Waals surface area contributed by atoms with Crippen LogP contribution >= 0.6 is 22.6 Å². The summed E-state index contributed by atoms with van der Waals surface area (Å²) in [5.41, 5.74) is 1.05. The van der Waals surface area contributed by atoms with E-state index in [1.54, 1.807) is 10.9 Å². The molecule has 0 unspecified atom stereocenters. The molecular weight excluding hydrogens is 365 g/mol. The van der Waals surface area contributed by atoms with Crippen LogP contribution in [-0.4, -0.2) is 21.7 Å². The van der Waals surface area contributed by atoms with Gasteiger partial charge in [0, 0.05) is 13.1 Å². The maximum atomic E-state index is 12.3. The second-order valence-electron chi connectivity index (χ2n) is 6.85. The fourth-order valence-electron chi connectivity index (χ4n) is 3.02. The Labute approximate surface area is 134 Å². The number of hydrogen-bond donors (Lipinski definition) is 1. The Hall–Kier alpha value is -0.590. The van der Waals surface area contributed by atoms with Crippen LogP contribution in [0.15, 0.2) is 6.20 Å². The molecule has 0 atom stereocenters. The van der Waals surface area contributed by atoms with Gasteiger partial charge in [0.2, 0.25) is 0 Å². The molecule has 4 nitrogen and oxygen atoms in total. The minimum atomic E-state index is 0.00797. The molecule has 1 saturated carbocycles. The van der Waals surface area contributed by atoms with Crippen LogP contribution in [0, 0.1) is 14.9 Å². The van der Waals surface area contributed by atoms with E-state index in [2.05, 4.69) is 53.8 Å². The fourth-order valence-corrected chi connectivity index (χ4v) is 3.74. The van der Waals surface area contributed by atoms with Crippen LogP contribution in [0.5, 0.6) is 0 Å². The number of aryl methyl sites for hydroxylation is 1. The molecule has 0 bridgehead atoms. The van der Waals surface area contributed by atoms with Crippen LogP contribution in [0.3, 0.4) is 0 Å². The van der Waals surface area contributed by atoms with Gasteiger partial charge in [0.25, 0.3) is 5.91 Å². The van der Waals surface area contributed by atoms with Gasteiger partial charge < -0.3 is 5.32 Å². The van der Waals surface area contributed by atoms with Gasteiger partial charge in [-0.25, -0.2) is 0 Å². The third-order valence-electron chi connectivity index (χ3n) is 4.40.